The maximum atomic E-state index is 13.4. The number of benzene rings is 3. The number of hydrogen-bond acceptors (Lipinski definition) is 8. The minimum Gasteiger partial charge on any atom is -0.495 e. The van der Waals surface area contributed by atoms with Crippen molar-refractivity contribution in [2.24, 2.45) is 0 Å². The molecule has 1 heterocycles. The third-order valence-electron chi connectivity index (χ3n) is 6.93. The molecule has 1 aliphatic rings. The number of non-ortho nitro benzene ring substituents is 1. The predicted octanol–water partition coefficient (Wildman–Crippen LogP) is 3.86. The van der Waals surface area contributed by atoms with Crippen LogP contribution in [0.5, 0.6) is 5.75 Å². The summed E-state index contributed by atoms with van der Waals surface area (Å²) in [4.78, 5) is 43.4. The van der Waals surface area contributed by atoms with Gasteiger partial charge in [-0.25, -0.2) is 0 Å². The topological polar surface area (TPSA) is 120 Å². The number of anilines is 3. The minimum absolute atomic E-state index is 0.158. The van der Waals surface area contributed by atoms with E-state index in [1.165, 1.54) is 24.3 Å². The summed E-state index contributed by atoms with van der Waals surface area (Å²) in [6.45, 7) is 4.24. The summed E-state index contributed by atoms with van der Waals surface area (Å²) in [5.41, 5.74) is 2.69. The second-order valence-corrected chi connectivity index (χ2v) is 10.1. The molecule has 0 aliphatic carbocycles. The molecule has 2 N–H and O–H groups in total. The van der Waals surface area contributed by atoms with Gasteiger partial charge in [0.1, 0.15) is 5.75 Å². The van der Waals surface area contributed by atoms with Crippen LogP contribution < -0.4 is 25.2 Å². The molecule has 0 bridgehead atoms. The van der Waals surface area contributed by atoms with E-state index >= 15 is 0 Å². The zero-order valence-electron chi connectivity index (χ0n) is 23.6. The van der Waals surface area contributed by atoms with Gasteiger partial charge in [-0.05, 0) is 63.5 Å². The monoisotopic (exact) mass is 560 g/mol. The number of para-hydroxylation sites is 2. The van der Waals surface area contributed by atoms with E-state index in [1.54, 1.807) is 19.2 Å². The van der Waals surface area contributed by atoms with E-state index in [4.69, 9.17) is 4.74 Å². The van der Waals surface area contributed by atoms with Crippen molar-refractivity contribution in [1.82, 2.24) is 10.2 Å². The van der Waals surface area contributed by atoms with E-state index in [0.717, 1.165) is 43.2 Å². The molecule has 0 saturated carbocycles. The maximum Gasteiger partial charge on any atom is 0.270 e. The number of hydrogen-bond donors (Lipinski definition) is 2. The Balaban J connectivity index is 1.53. The van der Waals surface area contributed by atoms with Crippen LogP contribution in [0.3, 0.4) is 0 Å². The zero-order chi connectivity index (χ0) is 29.4. The lowest BCUT2D eigenvalue weighted by molar-refractivity contribution is -0.384. The van der Waals surface area contributed by atoms with E-state index < -0.39 is 10.8 Å². The highest BCUT2D eigenvalue weighted by Crippen LogP contribution is 2.31. The molecular formula is C30H36N6O5. The number of amides is 2. The van der Waals surface area contributed by atoms with E-state index in [2.05, 4.69) is 25.3 Å². The number of carbonyl (C=O) groups excluding carboxylic acids is 2. The Morgan fingerprint density at radius 1 is 0.927 bits per heavy atom. The molecule has 0 aromatic heterocycles. The largest absolute Gasteiger partial charge is 0.495 e. The smallest absolute Gasteiger partial charge is 0.270 e. The Kier molecular flexibility index (Phi) is 9.75. The summed E-state index contributed by atoms with van der Waals surface area (Å²) in [6.07, 6.45) is 0.800. The number of carbonyl (C=O) groups is 2. The highest BCUT2D eigenvalue weighted by atomic mass is 16.6. The van der Waals surface area contributed by atoms with Crippen molar-refractivity contribution in [3.05, 3.63) is 88.0 Å². The fourth-order valence-electron chi connectivity index (χ4n) is 4.81. The number of ether oxygens (including phenoxy) is 1. The van der Waals surface area contributed by atoms with Crippen LogP contribution in [0.25, 0.3) is 0 Å². The zero-order valence-corrected chi connectivity index (χ0v) is 23.6. The van der Waals surface area contributed by atoms with Crippen molar-refractivity contribution in [1.29, 1.82) is 0 Å². The molecule has 216 valence electrons. The third-order valence-corrected chi connectivity index (χ3v) is 6.93. The molecule has 0 unspecified atom stereocenters. The van der Waals surface area contributed by atoms with Crippen LogP contribution in [-0.4, -0.2) is 82.1 Å². The Labute approximate surface area is 239 Å². The van der Waals surface area contributed by atoms with E-state index in [0.29, 0.717) is 30.9 Å². The normalized spacial score (nSPS) is 13.2. The van der Waals surface area contributed by atoms with Gasteiger partial charge in [0.05, 0.1) is 23.3 Å². The summed E-state index contributed by atoms with van der Waals surface area (Å²) >= 11 is 0. The average Bonchev–Trinajstić information content (AvgIpc) is 2.99. The molecular weight excluding hydrogens is 524 g/mol. The third kappa shape index (κ3) is 7.52. The van der Waals surface area contributed by atoms with Crippen LogP contribution in [0.2, 0.25) is 0 Å². The van der Waals surface area contributed by atoms with Crippen molar-refractivity contribution in [3.8, 4) is 5.75 Å². The Bertz CT molecular complexity index is 1390. The second kappa shape index (κ2) is 13.6. The Morgan fingerprint density at radius 2 is 1.63 bits per heavy atom. The Morgan fingerprint density at radius 3 is 2.32 bits per heavy atom. The predicted molar refractivity (Wildman–Crippen MR) is 160 cm³/mol. The molecule has 41 heavy (non-hydrogen) atoms. The number of nitrogens with zero attached hydrogens (tertiary/aromatic N) is 4. The molecule has 0 atom stereocenters. The van der Waals surface area contributed by atoms with Crippen molar-refractivity contribution in [3.63, 3.8) is 0 Å². The van der Waals surface area contributed by atoms with Gasteiger partial charge >= 0.3 is 0 Å². The van der Waals surface area contributed by atoms with Crippen LogP contribution in [0.4, 0.5) is 22.7 Å². The van der Waals surface area contributed by atoms with Gasteiger partial charge in [0.25, 0.3) is 17.5 Å². The molecule has 1 aliphatic heterocycles. The van der Waals surface area contributed by atoms with Crippen LogP contribution in [0.15, 0.2) is 66.7 Å². The maximum absolute atomic E-state index is 13.4. The molecule has 3 aromatic rings. The van der Waals surface area contributed by atoms with Gasteiger partial charge in [-0.1, -0.05) is 18.2 Å². The highest BCUT2D eigenvalue weighted by Gasteiger charge is 2.24. The number of rotatable bonds is 11. The molecule has 1 fully saturated rings. The molecule has 3 aromatic carbocycles. The summed E-state index contributed by atoms with van der Waals surface area (Å²) in [6, 6.07) is 18.7. The van der Waals surface area contributed by atoms with Gasteiger partial charge in [0.15, 0.2) is 0 Å². The first kappa shape index (κ1) is 29.3. The standard InChI is InChI=1S/C30H36N6O5/c1-33(2)15-7-14-31-30(38)25-21-23(32-29(37)22-8-6-9-24(20-22)36(39)40)12-13-26(25)34-16-18-35(19-17-34)27-10-4-5-11-28(27)41-3/h4-6,8-13,20-21H,7,14-19H2,1-3H3,(H,31,38)(H,32,37). The van der Waals surface area contributed by atoms with E-state index in [1.807, 2.05) is 44.4 Å². The quantitative estimate of drug-likeness (QED) is 0.206. The lowest BCUT2D eigenvalue weighted by Gasteiger charge is -2.38. The first-order valence-corrected chi connectivity index (χ1v) is 13.5. The highest BCUT2D eigenvalue weighted by molar-refractivity contribution is 6.06. The first-order valence-electron chi connectivity index (χ1n) is 13.5. The van der Waals surface area contributed by atoms with Gasteiger partial charge in [-0.2, -0.15) is 0 Å². The van der Waals surface area contributed by atoms with Crippen molar-refractivity contribution in [2.45, 2.75) is 6.42 Å². The number of nitrogens with one attached hydrogen (secondary N) is 2. The fourth-order valence-corrected chi connectivity index (χ4v) is 4.81. The van der Waals surface area contributed by atoms with Crippen LogP contribution in [0.1, 0.15) is 27.1 Å². The van der Waals surface area contributed by atoms with Crippen LogP contribution in [-0.2, 0) is 0 Å². The summed E-state index contributed by atoms with van der Waals surface area (Å²) in [5, 5.41) is 16.9. The Hall–Kier alpha value is -4.64. The van der Waals surface area contributed by atoms with Crippen molar-refractivity contribution < 1.29 is 19.2 Å². The molecule has 0 radical (unpaired) electrons. The van der Waals surface area contributed by atoms with Gasteiger partial charge in [-0.3, -0.25) is 19.7 Å². The van der Waals surface area contributed by atoms with Crippen molar-refractivity contribution >= 4 is 34.6 Å². The molecule has 2 amide bonds. The summed E-state index contributed by atoms with van der Waals surface area (Å²) in [7, 11) is 5.63. The molecule has 0 spiro atoms. The summed E-state index contributed by atoms with van der Waals surface area (Å²) in [5.74, 6) is 0.101. The van der Waals surface area contributed by atoms with Crippen molar-refractivity contribution in [2.75, 3.05) is 75.6 Å². The second-order valence-electron chi connectivity index (χ2n) is 10.1. The van der Waals surface area contributed by atoms with E-state index in [9.17, 15) is 19.7 Å². The number of methoxy groups -OCH3 is 1. The van der Waals surface area contributed by atoms with Gasteiger partial charge in [-0.15, -0.1) is 0 Å². The van der Waals surface area contributed by atoms with Crippen LogP contribution in [0, 0.1) is 10.1 Å². The molecule has 4 rings (SSSR count). The van der Waals surface area contributed by atoms with Gasteiger partial charge in [0.2, 0.25) is 0 Å². The average molecular weight is 561 g/mol. The number of piperazine rings is 1. The number of nitro benzene ring substituents is 1. The fraction of sp³-hybridized carbons (Fsp3) is 0.333. The summed E-state index contributed by atoms with van der Waals surface area (Å²) < 4.78 is 5.54. The SMILES string of the molecule is COc1ccccc1N1CCN(c2ccc(NC(=O)c3cccc([N+](=O)[O-])c3)cc2C(=O)NCCCN(C)C)CC1. The lowest BCUT2D eigenvalue weighted by Crippen LogP contribution is -2.47. The van der Waals surface area contributed by atoms with Gasteiger partial charge in [0, 0.05) is 61.8 Å². The minimum atomic E-state index is -0.544. The molecule has 1 saturated heterocycles. The van der Waals surface area contributed by atoms with Gasteiger partial charge < -0.3 is 30.1 Å². The number of nitro groups is 1. The first-order chi connectivity index (χ1) is 19.8. The van der Waals surface area contributed by atoms with E-state index in [-0.39, 0.29) is 17.2 Å². The lowest BCUT2D eigenvalue weighted by atomic mass is 10.1. The molecule has 11 heteroatoms. The molecule has 11 nitrogen and oxygen atoms in total. The van der Waals surface area contributed by atoms with Crippen LogP contribution >= 0.6 is 0 Å².